The van der Waals surface area contributed by atoms with Gasteiger partial charge in [-0.15, -0.1) is 0 Å². The molecule has 86 valence electrons. The minimum atomic E-state index is 0.522. The van der Waals surface area contributed by atoms with Crippen molar-refractivity contribution in [3.63, 3.8) is 0 Å². The third-order valence-electron chi connectivity index (χ3n) is 2.49. The van der Waals surface area contributed by atoms with Crippen LogP contribution in [0.1, 0.15) is 40.5 Å². The van der Waals surface area contributed by atoms with Crippen LogP contribution in [-0.4, -0.2) is 37.7 Å². The summed E-state index contributed by atoms with van der Waals surface area (Å²) < 4.78 is 5.32. The van der Waals surface area contributed by atoms with Crippen molar-refractivity contribution in [1.82, 2.24) is 4.90 Å². The van der Waals surface area contributed by atoms with E-state index >= 15 is 0 Å². The Morgan fingerprint density at radius 1 is 1.21 bits per heavy atom. The normalized spacial score (nSPS) is 19.3. The zero-order valence-corrected chi connectivity index (χ0v) is 10.5. The highest BCUT2D eigenvalue weighted by Gasteiger charge is 2.18. The van der Waals surface area contributed by atoms with Crippen LogP contribution in [0.25, 0.3) is 0 Å². The van der Waals surface area contributed by atoms with Crippen molar-refractivity contribution < 1.29 is 4.74 Å². The molecule has 1 saturated heterocycles. The average Bonchev–Trinajstić information content (AvgIpc) is 2.21. The highest BCUT2D eigenvalue weighted by Crippen LogP contribution is 2.13. The Labute approximate surface area is 89.6 Å². The molecule has 2 heteroatoms. The molecule has 1 rings (SSSR count). The maximum absolute atomic E-state index is 5.32. The Kier molecular flexibility index (Phi) is 8.20. The van der Waals surface area contributed by atoms with Crippen molar-refractivity contribution in [2.45, 2.75) is 46.6 Å². The van der Waals surface area contributed by atoms with Gasteiger partial charge in [-0.25, -0.2) is 0 Å². The van der Waals surface area contributed by atoms with Crippen LogP contribution < -0.4 is 0 Å². The molecule has 0 saturated carbocycles. The van der Waals surface area contributed by atoms with Gasteiger partial charge >= 0.3 is 0 Å². The minimum absolute atomic E-state index is 0.522. The Morgan fingerprint density at radius 2 is 1.71 bits per heavy atom. The number of ether oxygens (including phenoxy) is 1. The van der Waals surface area contributed by atoms with Crippen LogP contribution in [0.5, 0.6) is 0 Å². The van der Waals surface area contributed by atoms with E-state index in [2.05, 4.69) is 18.7 Å². The van der Waals surface area contributed by atoms with E-state index in [9.17, 15) is 0 Å². The fraction of sp³-hybridized carbons (Fsp3) is 1.00. The van der Waals surface area contributed by atoms with E-state index in [4.69, 9.17) is 4.74 Å². The Balaban J connectivity index is 0.000000791. The third-order valence-corrected chi connectivity index (χ3v) is 2.49. The number of methoxy groups -OCH3 is 1. The molecule has 1 aliphatic heterocycles. The second kappa shape index (κ2) is 8.25. The van der Waals surface area contributed by atoms with E-state index in [0.717, 1.165) is 5.92 Å². The van der Waals surface area contributed by atoms with Crippen molar-refractivity contribution in [3.05, 3.63) is 0 Å². The first-order valence-electron chi connectivity index (χ1n) is 5.97. The summed E-state index contributed by atoms with van der Waals surface area (Å²) in [5.74, 6) is 0.795. The molecule has 1 fully saturated rings. The number of hydrogen-bond donors (Lipinski definition) is 0. The third kappa shape index (κ3) is 5.61. The van der Waals surface area contributed by atoms with Gasteiger partial charge in [0.05, 0.1) is 6.10 Å². The summed E-state index contributed by atoms with van der Waals surface area (Å²) >= 11 is 0. The molecule has 0 unspecified atom stereocenters. The Morgan fingerprint density at radius 3 is 2.07 bits per heavy atom. The molecule has 1 aliphatic rings. The topological polar surface area (TPSA) is 12.5 Å². The molecule has 0 spiro atoms. The van der Waals surface area contributed by atoms with E-state index in [1.54, 1.807) is 0 Å². The van der Waals surface area contributed by atoms with E-state index in [-0.39, 0.29) is 0 Å². The molecule has 0 N–H and O–H groups in total. The number of nitrogens with zero attached hydrogens (tertiary/aromatic N) is 1. The SMILES string of the molecule is CC.COC1CCN(CC(C)C)CC1. The van der Waals surface area contributed by atoms with Gasteiger partial charge in [0, 0.05) is 26.7 Å². The molecule has 0 amide bonds. The summed E-state index contributed by atoms with van der Waals surface area (Å²) in [5.41, 5.74) is 0. The van der Waals surface area contributed by atoms with Crippen molar-refractivity contribution in [2.24, 2.45) is 5.92 Å². The van der Waals surface area contributed by atoms with Gasteiger partial charge in [-0.2, -0.15) is 0 Å². The van der Waals surface area contributed by atoms with Crippen LogP contribution in [0, 0.1) is 5.92 Å². The van der Waals surface area contributed by atoms with E-state index in [1.165, 1.54) is 32.5 Å². The molecular weight excluding hydrogens is 174 g/mol. The molecule has 0 aliphatic carbocycles. The van der Waals surface area contributed by atoms with Gasteiger partial charge in [-0.05, 0) is 18.8 Å². The van der Waals surface area contributed by atoms with Crippen LogP contribution in [-0.2, 0) is 4.74 Å². The zero-order chi connectivity index (χ0) is 11.0. The lowest BCUT2D eigenvalue weighted by atomic mass is 10.1. The molecule has 0 aromatic carbocycles. The fourth-order valence-corrected chi connectivity index (χ4v) is 1.84. The van der Waals surface area contributed by atoms with E-state index in [1.807, 2.05) is 21.0 Å². The maximum atomic E-state index is 5.32. The maximum Gasteiger partial charge on any atom is 0.0595 e. The average molecular weight is 201 g/mol. The summed E-state index contributed by atoms with van der Waals surface area (Å²) in [5, 5.41) is 0. The van der Waals surface area contributed by atoms with Crippen molar-refractivity contribution in [2.75, 3.05) is 26.7 Å². The largest absolute Gasteiger partial charge is 0.381 e. The smallest absolute Gasteiger partial charge is 0.0595 e. The monoisotopic (exact) mass is 201 g/mol. The van der Waals surface area contributed by atoms with Gasteiger partial charge in [0.2, 0.25) is 0 Å². The number of rotatable bonds is 3. The van der Waals surface area contributed by atoms with Gasteiger partial charge in [0.1, 0.15) is 0 Å². The van der Waals surface area contributed by atoms with Gasteiger partial charge < -0.3 is 9.64 Å². The predicted molar refractivity (Wildman–Crippen MR) is 62.7 cm³/mol. The molecule has 0 atom stereocenters. The standard InChI is InChI=1S/C10H21NO.C2H6/c1-9(2)8-11-6-4-10(12-3)5-7-11;1-2/h9-10H,4-8H2,1-3H3;1-2H3. The molecule has 14 heavy (non-hydrogen) atoms. The van der Waals surface area contributed by atoms with Gasteiger partial charge in [-0.1, -0.05) is 27.7 Å². The van der Waals surface area contributed by atoms with Gasteiger partial charge in [0.15, 0.2) is 0 Å². The van der Waals surface area contributed by atoms with E-state index in [0.29, 0.717) is 6.10 Å². The lowest BCUT2D eigenvalue weighted by Gasteiger charge is -2.32. The van der Waals surface area contributed by atoms with Crippen LogP contribution in [0.2, 0.25) is 0 Å². The molecule has 1 heterocycles. The highest BCUT2D eigenvalue weighted by atomic mass is 16.5. The van der Waals surface area contributed by atoms with Crippen LogP contribution in [0.15, 0.2) is 0 Å². The second-order valence-corrected chi connectivity index (χ2v) is 4.13. The number of piperidine rings is 1. The lowest BCUT2D eigenvalue weighted by Crippen LogP contribution is -2.38. The summed E-state index contributed by atoms with van der Waals surface area (Å²) in [6.45, 7) is 12.2. The Bertz CT molecular complexity index is 117. The van der Waals surface area contributed by atoms with Crippen molar-refractivity contribution >= 4 is 0 Å². The second-order valence-electron chi connectivity index (χ2n) is 4.13. The van der Waals surface area contributed by atoms with Gasteiger partial charge in [-0.3, -0.25) is 0 Å². The first-order chi connectivity index (χ1) is 6.72. The van der Waals surface area contributed by atoms with Crippen molar-refractivity contribution in [3.8, 4) is 0 Å². The molecule has 0 bridgehead atoms. The lowest BCUT2D eigenvalue weighted by molar-refractivity contribution is 0.0380. The van der Waals surface area contributed by atoms with Crippen LogP contribution in [0.3, 0.4) is 0 Å². The molecule has 0 aromatic heterocycles. The predicted octanol–water partition coefficient (Wildman–Crippen LogP) is 2.78. The number of hydrogen-bond acceptors (Lipinski definition) is 2. The first kappa shape index (κ1) is 13.9. The molecular formula is C12H27NO. The summed E-state index contributed by atoms with van der Waals surface area (Å²) in [6.07, 6.45) is 2.94. The fourth-order valence-electron chi connectivity index (χ4n) is 1.84. The molecule has 0 aromatic rings. The molecule has 0 radical (unpaired) electrons. The summed E-state index contributed by atoms with van der Waals surface area (Å²) in [7, 11) is 1.82. The van der Waals surface area contributed by atoms with Crippen LogP contribution >= 0.6 is 0 Å². The summed E-state index contributed by atoms with van der Waals surface area (Å²) in [4.78, 5) is 2.54. The zero-order valence-electron chi connectivity index (χ0n) is 10.5. The Hall–Kier alpha value is -0.0800. The molecule has 2 nitrogen and oxygen atoms in total. The highest BCUT2D eigenvalue weighted by molar-refractivity contribution is 4.72. The minimum Gasteiger partial charge on any atom is -0.381 e. The van der Waals surface area contributed by atoms with Gasteiger partial charge in [0.25, 0.3) is 0 Å². The summed E-state index contributed by atoms with van der Waals surface area (Å²) in [6, 6.07) is 0. The number of likely N-dealkylation sites (tertiary alicyclic amines) is 1. The quantitative estimate of drug-likeness (QED) is 0.696. The van der Waals surface area contributed by atoms with E-state index < -0.39 is 0 Å². The first-order valence-corrected chi connectivity index (χ1v) is 5.97. The van der Waals surface area contributed by atoms with Crippen LogP contribution in [0.4, 0.5) is 0 Å². The van der Waals surface area contributed by atoms with Crippen molar-refractivity contribution in [1.29, 1.82) is 0 Å².